The maximum absolute atomic E-state index is 13.5. The minimum atomic E-state index is -3.91. The van der Waals surface area contributed by atoms with E-state index in [0.29, 0.717) is 22.4 Å². The molecule has 0 radical (unpaired) electrons. The molecule has 5 rings (SSSR count). The molecule has 6 heteroatoms. The number of aromatic nitrogens is 1. The van der Waals surface area contributed by atoms with Crippen LogP contribution in [0, 0.1) is 0 Å². The Hall–Kier alpha value is -3.64. The van der Waals surface area contributed by atoms with Gasteiger partial charge in [0.05, 0.1) is 21.7 Å². The Morgan fingerprint density at radius 3 is 2.17 bits per heavy atom. The van der Waals surface area contributed by atoms with E-state index in [2.05, 4.69) is 0 Å². The highest BCUT2D eigenvalue weighted by atomic mass is 32.2. The fourth-order valence-corrected chi connectivity index (χ4v) is 5.40. The van der Waals surface area contributed by atoms with Gasteiger partial charge in [0.15, 0.2) is 0 Å². The molecule has 1 aliphatic rings. The predicted octanol–water partition coefficient (Wildman–Crippen LogP) is 4.63. The van der Waals surface area contributed by atoms with Gasteiger partial charge in [-0.1, -0.05) is 66.7 Å². The molecule has 0 bridgehead atoms. The number of ether oxygens (including phenoxy) is 1. The summed E-state index contributed by atoms with van der Waals surface area (Å²) in [5.74, 6) is -0.139. The predicted molar refractivity (Wildman–Crippen MR) is 115 cm³/mol. The molecule has 5 nitrogen and oxygen atoms in total. The molecule has 0 saturated carbocycles. The van der Waals surface area contributed by atoms with E-state index in [1.54, 1.807) is 60.7 Å². The van der Waals surface area contributed by atoms with Crippen molar-refractivity contribution in [1.29, 1.82) is 0 Å². The van der Waals surface area contributed by atoms with E-state index < -0.39 is 16.0 Å². The first-order chi connectivity index (χ1) is 14.6. The van der Waals surface area contributed by atoms with E-state index >= 15 is 0 Å². The van der Waals surface area contributed by atoms with Crippen LogP contribution in [0.25, 0.3) is 16.7 Å². The summed E-state index contributed by atoms with van der Waals surface area (Å²) in [5.41, 5.74) is 1.90. The van der Waals surface area contributed by atoms with Crippen LogP contribution < -0.4 is 0 Å². The molecule has 148 valence electrons. The Morgan fingerprint density at radius 2 is 1.43 bits per heavy atom. The fraction of sp³-hybridized carbons (Fsp3) is 0.0417. The van der Waals surface area contributed by atoms with E-state index in [-0.39, 0.29) is 16.9 Å². The van der Waals surface area contributed by atoms with Gasteiger partial charge in [0, 0.05) is 17.4 Å². The molecule has 2 heterocycles. The lowest BCUT2D eigenvalue weighted by Crippen LogP contribution is -2.16. The topological polar surface area (TPSA) is 65.4 Å². The third-order valence-corrected chi connectivity index (χ3v) is 6.92. The van der Waals surface area contributed by atoms with Gasteiger partial charge in [-0.3, -0.25) is 0 Å². The lowest BCUT2D eigenvalue weighted by atomic mass is 10.1. The first kappa shape index (κ1) is 18.4. The quantitative estimate of drug-likeness (QED) is 0.458. The number of hydrogen-bond donors (Lipinski definition) is 0. The molecule has 0 fully saturated rings. The molecular formula is C24H17NO4S. The van der Waals surface area contributed by atoms with Crippen molar-refractivity contribution in [1.82, 2.24) is 3.97 Å². The monoisotopic (exact) mass is 415 g/mol. The second-order valence-corrected chi connectivity index (χ2v) is 8.74. The molecule has 30 heavy (non-hydrogen) atoms. The van der Waals surface area contributed by atoms with E-state index in [4.69, 9.17) is 4.74 Å². The van der Waals surface area contributed by atoms with Crippen LogP contribution in [-0.4, -0.2) is 18.4 Å². The molecule has 0 unspecified atom stereocenters. The van der Waals surface area contributed by atoms with Crippen LogP contribution in [0.1, 0.15) is 21.6 Å². The summed E-state index contributed by atoms with van der Waals surface area (Å²) < 4.78 is 34.0. The van der Waals surface area contributed by atoms with Gasteiger partial charge in [-0.05, 0) is 24.3 Å². The summed E-state index contributed by atoms with van der Waals surface area (Å²) in [6.07, 6.45) is 2.00. The first-order valence-electron chi connectivity index (χ1n) is 9.48. The maximum atomic E-state index is 13.5. The maximum Gasteiger partial charge on any atom is 0.346 e. The highest BCUT2D eigenvalue weighted by Crippen LogP contribution is 2.34. The van der Waals surface area contributed by atoms with Gasteiger partial charge in [-0.25, -0.2) is 17.2 Å². The smallest absolute Gasteiger partial charge is 0.346 e. The number of cyclic esters (lactones) is 1. The molecular weight excluding hydrogens is 398 g/mol. The molecule has 1 aliphatic heterocycles. The summed E-state index contributed by atoms with van der Waals surface area (Å²) in [6.45, 7) is 0. The van der Waals surface area contributed by atoms with Gasteiger partial charge < -0.3 is 4.74 Å². The van der Waals surface area contributed by atoms with Crippen LogP contribution >= 0.6 is 0 Å². The zero-order valence-corrected chi connectivity index (χ0v) is 16.7. The Bertz CT molecular complexity index is 1400. The number of esters is 1. The van der Waals surface area contributed by atoms with Crippen LogP contribution in [-0.2, 0) is 21.2 Å². The summed E-state index contributed by atoms with van der Waals surface area (Å²) in [5, 5.41) is 0.555. The van der Waals surface area contributed by atoms with Gasteiger partial charge >= 0.3 is 5.97 Å². The van der Waals surface area contributed by atoms with E-state index in [1.807, 2.05) is 30.3 Å². The SMILES string of the molecule is O=C1OC(c2ccccc2)=CCc2c1c1ccccc1n2S(=O)(=O)c1ccccc1. The van der Waals surface area contributed by atoms with E-state index in [9.17, 15) is 13.2 Å². The van der Waals surface area contributed by atoms with Gasteiger partial charge in [0.2, 0.25) is 0 Å². The Morgan fingerprint density at radius 1 is 0.800 bits per heavy atom. The minimum Gasteiger partial charge on any atom is -0.423 e. The Labute approximate surface area is 173 Å². The number of hydrogen-bond acceptors (Lipinski definition) is 4. The third kappa shape index (κ3) is 2.84. The van der Waals surface area contributed by atoms with Crippen molar-refractivity contribution >= 4 is 32.7 Å². The van der Waals surface area contributed by atoms with Gasteiger partial charge in [-0.15, -0.1) is 0 Å². The largest absolute Gasteiger partial charge is 0.423 e. The average Bonchev–Trinajstić information content (AvgIpc) is 3.03. The zero-order valence-electron chi connectivity index (χ0n) is 15.9. The zero-order chi connectivity index (χ0) is 20.7. The average molecular weight is 415 g/mol. The van der Waals surface area contributed by atoms with Crippen molar-refractivity contribution in [2.45, 2.75) is 11.3 Å². The van der Waals surface area contributed by atoms with E-state index in [0.717, 1.165) is 5.56 Å². The number of nitrogens with zero attached hydrogens (tertiary/aromatic N) is 1. The highest BCUT2D eigenvalue weighted by molar-refractivity contribution is 7.90. The van der Waals surface area contributed by atoms with Crippen LogP contribution in [0.2, 0.25) is 0 Å². The Kier molecular flexibility index (Phi) is 4.29. The fourth-order valence-electron chi connectivity index (χ4n) is 3.81. The van der Waals surface area contributed by atoms with Crippen LogP contribution in [0.15, 0.2) is 95.9 Å². The second-order valence-electron chi connectivity index (χ2n) is 6.95. The van der Waals surface area contributed by atoms with Gasteiger partial charge in [-0.2, -0.15) is 0 Å². The van der Waals surface area contributed by atoms with Crippen molar-refractivity contribution in [2.75, 3.05) is 0 Å². The summed E-state index contributed by atoms with van der Waals surface area (Å²) in [4.78, 5) is 13.3. The first-order valence-corrected chi connectivity index (χ1v) is 10.9. The number of carbonyl (C=O) groups is 1. The number of allylic oxidation sites excluding steroid dienone is 1. The molecule has 0 saturated heterocycles. The standard InChI is InChI=1S/C24H17NO4S/c26-24-23-19-13-7-8-14-20(19)25(30(27,28)18-11-5-2-6-12-18)21(23)15-16-22(29-24)17-9-3-1-4-10-17/h1-14,16H,15H2. The molecule has 0 aliphatic carbocycles. The normalized spacial score (nSPS) is 14.0. The minimum absolute atomic E-state index is 0.165. The molecule has 3 aromatic carbocycles. The lowest BCUT2D eigenvalue weighted by molar-refractivity contribution is 0.0695. The van der Waals surface area contributed by atoms with Crippen LogP contribution in [0.5, 0.6) is 0 Å². The molecule has 1 aromatic heterocycles. The molecule has 0 N–H and O–H groups in total. The number of fused-ring (bicyclic) bond motifs is 3. The van der Waals surface area contributed by atoms with Crippen molar-refractivity contribution in [3.63, 3.8) is 0 Å². The van der Waals surface area contributed by atoms with Crippen LogP contribution in [0.3, 0.4) is 0 Å². The highest BCUT2D eigenvalue weighted by Gasteiger charge is 2.32. The van der Waals surface area contributed by atoms with Gasteiger partial charge in [0.1, 0.15) is 5.76 Å². The molecule has 0 amide bonds. The number of rotatable bonds is 3. The van der Waals surface area contributed by atoms with Gasteiger partial charge in [0.25, 0.3) is 10.0 Å². The molecule has 0 spiro atoms. The third-order valence-electron chi connectivity index (χ3n) is 5.15. The van der Waals surface area contributed by atoms with E-state index in [1.165, 1.54) is 3.97 Å². The molecule has 4 aromatic rings. The summed E-state index contributed by atoms with van der Waals surface area (Å²) in [7, 11) is -3.91. The Balaban J connectivity index is 1.76. The lowest BCUT2D eigenvalue weighted by Gasteiger charge is -2.11. The van der Waals surface area contributed by atoms with Crippen molar-refractivity contribution < 1.29 is 17.9 Å². The number of carbonyl (C=O) groups excluding carboxylic acids is 1. The van der Waals surface area contributed by atoms with Crippen molar-refractivity contribution in [3.05, 3.63) is 108 Å². The van der Waals surface area contributed by atoms with Crippen molar-refractivity contribution in [3.8, 4) is 0 Å². The summed E-state index contributed by atoms with van der Waals surface area (Å²) in [6, 6.07) is 24.5. The molecule has 0 atom stereocenters. The number of para-hydroxylation sites is 1. The second kappa shape index (κ2) is 7.00. The number of benzene rings is 3. The summed E-state index contributed by atoms with van der Waals surface area (Å²) >= 11 is 0. The van der Waals surface area contributed by atoms with Crippen LogP contribution in [0.4, 0.5) is 0 Å². The van der Waals surface area contributed by atoms with Crippen molar-refractivity contribution in [2.24, 2.45) is 0 Å².